The molecule has 0 atom stereocenters. The number of aromatic carboxylic acids is 1. The number of hydrogen-bond acceptors (Lipinski definition) is 4. The number of carbonyl (C=O) groups excluding carboxylic acids is 1. The molecule has 4 nitrogen and oxygen atoms in total. The lowest BCUT2D eigenvalue weighted by Gasteiger charge is -2.14. The second kappa shape index (κ2) is 6.59. The number of aryl methyl sites for hydroxylation is 1. The number of amides is 1. The van der Waals surface area contributed by atoms with Crippen LogP contribution in [0.3, 0.4) is 0 Å². The lowest BCUT2D eigenvalue weighted by atomic mass is 10.1. The zero-order valence-corrected chi connectivity index (χ0v) is 14.4. The van der Waals surface area contributed by atoms with Crippen LogP contribution in [0.5, 0.6) is 0 Å². The fourth-order valence-electron chi connectivity index (χ4n) is 2.34. The number of carboxylic acid groups (broad SMARTS) is 1. The summed E-state index contributed by atoms with van der Waals surface area (Å²) in [7, 11) is 0. The van der Waals surface area contributed by atoms with Gasteiger partial charge in [-0.1, -0.05) is 59.9 Å². The van der Waals surface area contributed by atoms with E-state index in [0.717, 1.165) is 5.56 Å². The molecule has 2 aromatic carbocycles. The van der Waals surface area contributed by atoms with Crippen LogP contribution >= 0.6 is 24.0 Å². The summed E-state index contributed by atoms with van der Waals surface area (Å²) in [5.74, 6) is -1.27. The van der Waals surface area contributed by atoms with E-state index in [0.29, 0.717) is 20.5 Å². The van der Waals surface area contributed by atoms with E-state index >= 15 is 0 Å². The fraction of sp³-hybridized carbons (Fsp3) is 0.0556. The van der Waals surface area contributed by atoms with Crippen LogP contribution in [0.15, 0.2) is 53.4 Å². The Morgan fingerprint density at radius 1 is 1.17 bits per heavy atom. The van der Waals surface area contributed by atoms with E-state index in [2.05, 4.69) is 0 Å². The van der Waals surface area contributed by atoms with Gasteiger partial charge < -0.3 is 5.11 Å². The van der Waals surface area contributed by atoms with Gasteiger partial charge in [-0.2, -0.15) is 0 Å². The van der Waals surface area contributed by atoms with Gasteiger partial charge >= 0.3 is 5.97 Å². The van der Waals surface area contributed by atoms with Crippen molar-refractivity contribution in [3.63, 3.8) is 0 Å². The molecule has 1 heterocycles. The zero-order valence-electron chi connectivity index (χ0n) is 12.7. The number of benzene rings is 2. The predicted octanol–water partition coefficient (Wildman–Crippen LogP) is 4.10. The molecule has 0 bridgehead atoms. The standard InChI is InChI=1S/C18H13NO3S2/c1-11-6-8-13(9-7-11)19-16(20)15(24-18(19)23)10-12-4-2-3-5-14(12)17(21)22/h2-10H,1H3,(H,21,22)/b15-10+. The summed E-state index contributed by atoms with van der Waals surface area (Å²) in [5.41, 5.74) is 2.43. The highest BCUT2D eigenvalue weighted by Gasteiger charge is 2.33. The van der Waals surface area contributed by atoms with E-state index < -0.39 is 5.97 Å². The van der Waals surface area contributed by atoms with Gasteiger partial charge in [0.25, 0.3) is 5.91 Å². The molecule has 0 spiro atoms. The van der Waals surface area contributed by atoms with Gasteiger partial charge in [0.15, 0.2) is 4.32 Å². The lowest BCUT2D eigenvalue weighted by molar-refractivity contribution is -0.113. The molecular formula is C18H13NO3S2. The molecule has 2 aromatic rings. The molecule has 120 valence electrons. The smallest absolute Gasteiger partial charge is 0.336 e. The van der Waals surface area contributed by atoms with Crippen molar-refractivity contribution in [2.75, 3.05) is 4.90 Å². The third kappa shape index (κ3) is 3.11. The SMILES string of the molecule is Cc1ccc(N2C(=O)/C(=C\c3ccccc3C(=O)O)SC2=S)cc1. The molecule has 0 aromatic heterocycles. The van der Waals surface area contributed by atoms with Crippen molar-refractivity contribution in [2.24, 2.45) is 0 Å². The molecule has 0 radical (unpaired) electrons. The first-order valence-corrected chi connectivity index (χ1v) is 8.37. The van der Waals surface area contributed by atoms with Crippen molar-refractivity contribution in [1.82, 2.24) is 0 Å². The average Bonchev–Trinajstić information content (AvgIpc) is 2.83. The maximum atomic E-state index is 12.7. The number of thioether (sulfide) groups is 1. The lowest BCUT2D eigenvalue weighted by Crippen LogP contribution is -2.27. The van der Waals surface area contributed by atoms with Gasteiger partial charge in [0.2, 0.25) is 0 Å². The highest BCUT2D eigenvalue weighted by atomic mass is 32.2. The Balaban J connectivity index is 1.97. The van der Waals surface area contributed by atoms with Gasteiger partial charge in [0.05, 0.1) is 16.2 Å². The Hall–Kier alpha value is -2.44. The van der Waals surface area contributed by atoms with E-state index in [1.165, 1.54) is 22.7 Å². The van der Waals surface area contributed by atoms with Gasteiger partial charge in [-0.15, -0.1) is 0 Å². The topological polar surface area (TPSA) is 57.6 Å². The maximum absolute atomic E-state index is 12.7. The normalized spacial score (nSPS) is 16.0. The first-order valence-electron chi connectivity index (χ1n) is 7.14. The summed E-state index contributed by atoms with van der Waals surface area (Å²) in [5, 5.41) is 9.26. The number of anilines is 1. The Bertz CT molecular complexity index is 872. The first kappa shape index (κ1) is 16.4. The van der Waals surface area contributed by atoms with Gasteiger partial charge in [-0.25, -0.2) is 4.79 Å². The molecular weight excluding hydrogens is 342 g/mol. The number of carboxylic acids is 1. The quantitative estimate of drug-likeness (QED) is 0.663. The number of nitrogens with zero attached hydrogens (tertiary/aromatic N) is 1. The van der Waals surface area contributed by atoms with Crippen molar-refractivity contribution in [2.45, 2.75) is 6.92 Å². The summed E-state index contributed by atoms with van der Waals surface area (Å²) < 4.78 is 0.433. The minimum atomic E-state index is -1.03. The molecule has 1 fully saturated rings. The molecule has 24 heavy (non-hydrogen) atoms. The highest BCUT2D eigenvalue weighted by molar-refractivity contribution is 8.27. The summed E-state index contributed by atoms with van der Waals surface area (Å²) in [6, 6.07) is 14.1. The first-order chi connectivity index (χ1) is 11.5. The second-order valence-electron chi connectivity index (χ2n) is 5.25. The zero-order chi connectivity index (χ0) is 17.3. The minimum absolute atomic E-state index is 0.151. The van der Waals surface area contributed by atoms with Crippen molar-refractivity contribution in [1.29, 1.82) is 0 Å². The molecule has 1 aliphatic rings. The molecule has 3 rings (SSSR count). The number of thiocarbonyl (C=S) groups is 1. The summed E-state index contributed by atoms with van der Waals surface area (Å²) in [6.45, 7) is 1.97. The van der Waals surface area contributed by atoms with E-state index in [1.54, 1.807) is 24.3 Å². The predicted molar refractivity (Wildman–Crippen MR) is 100 cm³/mol. The molecule has 1 amide bonds. The molecule has 6 heteroatoms. The molecule has 1 saturated heterocycles. The third-order valence-corrected chi connectivity index (χ3v) is 4.87. The monoisotopic (exact) mass is 355 g/mol. The van der Waals surface area contributed by atoms with E-state index in [9.17, 15) is 14.7 Å². The van der Waals surface area contributed by atoms with Gasteiger partial charge in [-0.3, -0.25) is 9.69 Å². The van der Waals surface area contributed by atoms with E-state index in [4.69, 9.17) is 12.2 Å². The number of carbonyl (C=O) groups is 2. The van der Waals surface area contributed by atoms with Crippen LogP contribution in [0, 0.1) is 6.92 Å². The number of rotatable bonds is 3. The van der Waals surface area contributed by atoms with Crippen LogP contribution in [-0.4, -0.2) is 21.3 Å². The van der Waals surface area contributed by atoms with Crippen LogP contribution in [0.1, 0.15) is 21.5 Å². The van der Waals surface area contributed by atoms with Crippen molar-refractivity contribution in [3.8, 4) is 0 Å². The minimum Gasteiger partial charge on any atom is -0.478 e. The Labute approximate surface area is 148 Å². The van der Waals surface area contributed by atoms with E-state index in [1.807, 2.05) is 31.2 Å². The maximum Gasteiger partial charge on any atom is 0.336 e. The van der Waals surface area contributed by atoms with Crippen LogP contribution in [0.2, 0.25) is 0 Å². The second-order valence-corrected chi connectivity index (χ2v) is 6.92. The molecule has 0 aliphatic carbocycles. The summed E-state index contributed by atoms with van der Waals surface area (Å²) >= 11 is 6.49. The Morgan fingerprint density at radius 3 is 2.50 bits per heavy atom. The summed E-state index contributed by atoms with van der Waals surface area (Å²) in [6.07, 6.45) is 1.58. The molecule has 1 aliphatic heterocycles. The van der Waals surface area contributed by atoms with Crippen LogP contribution in [0.25, 0.3) is 6.08 Å². The largest absolute Gasteiger partial charge is 0.478 e. The Morgan fingerprint density at radius 2 is 1.83 bits per heavy atom. The van der Waals surface area contributed by atoms with Gasteiger partial charge in [0, 0.05) is 0 Å². The fourth-order valence-corrected chi connectivity index (χ4v) is 3.63. The molecule has 0 saturated carbocycles. The van der Waals surface area contributed by atoms with Crippen LogP contribution in [0.4, 0.5) is 5.69 Å². The van der Waals surface area contributed by atoms with Crippen molar-refractivity contribution < 1.29 is 14.7 Å². The van der Waals surface area contributed by atoms with Crippen LogP contribution in [-0.2, 0) is 4.79 Å². The summed E-state index contributed by atoms with van der Waals surface area (Å²) in [4.78, 5) is 25.9. The highest BCUT2D eigenvalue weighted by Crippen LogP contribution is 2.36. The van der Waals surface area contributed by atoms with Gasteiger partial charge in [0.1, 0.15) is 0 Å². The van der Waals surface area contributed by atoms with E-state index in [-0.39, 0.29) is 11.5 Å². The van der Waals surface area contributed by atoms with Crippen LogP contribution < -0.4 is 4.90 Å². The van der Waals surface area contributed by atoms with Crippen molar-refractivity contribution >= 4 is 51.9 Å². The van der Waals surface area contributed by atoms with Gasteiger partial charge in [-0.05, 0) is 36.8 Å². The number of hydrogen-bond donors (Lipinski definition) is 1. The average molecular weight is 355 g/mol. The third-order valence-electron chi connectivity index (χ3n) is 3.56. The molecule has 0 unspecified atom stereocenters. The molecule has 1 N–H and O–H groups in total. The van der Waals surface area contributed by atoms with Crippen molar-refractivity contribution in [3.05, 3.63) is 70.1 Å². The Kier molecular flexibility index (Phi) is 4.51.